The summed E-state index contributed by atoms with van der Waals surface area (Å²) in [4.78, 5) is 8.51. The highest BCUT2D eigenvalue weighted by Crippen LogP contribution is 2.42. The molecule has 0 radical (unpaired) electrons. The first-order valence-corrected chi connectivity index (χ1v) is 11.3. The zero-order valence-corrected chi connectivity index (χ0v) is 20.2. The van der Waals surface area contributed by atoms with Crippen LogP contribution in [0, 0.1) is 18.6 Å². The van der Waals surface area contributed by atoms with Crippen molar-refractivity contribution in [3.8, 4) is 5.75 Å². The lowest BCUT2D eigenvalue weighted by Crippen LogP contribution is -2.11. The summed E-state index contributed by atoms with van der Waals surface area (Å²) in [5.41, 5.74) is 3.81. The van der Waals surface area contributed by atoms with Crippen LogP contribution in [0.4, 0.5) is 8.78 Å². The number of nitrogens with zero attached hydrogens (tertiary/aromatic N) is 4. The molecule has 1 fully saturated rings. The van der Waals surface area contributed by atoms with E-state index in [9.17, 15) is 8.78 Å². The molecule has 8 heteroatoms. The first kappa shape index (κ1) is 25.1. The van der Waals surface area contributed by atoms with Crippen LogP contribution in [-0.4, -0.2) is 28.3 Å². The number of ether oxygens (including phenoxy) is 1. The molecule has 1 aromatic carbocycles. The highest BCUT2D eigenvalue weighted by Gasteiger charge is 2.32. The van der Waals surface area contributed by atoms with Crippen molar-refractivity contribution in [2.24, 2.45) is 9.98 Å². The molecule has 1 saturated carbocycles. The van der Waals surface area contributed by atoms with Crippen LogP contribution < -0.4 is 10.1 Å². The first-order chi connectivity index (χ1) is 16.2. The average Bonchev–Trinajstić information content (AvgIpc) is 3.54. The zero-order chi connectivity index (χ0) is 24.8. The maximum atomic E-state index is 14.7. The Labute approximate surface area is 199 Å². The molecule has 0 unspecified atom stereocenters. The van der Waals surface area contributed by atoms with Gasteiger partial charge in [-0.05, 0) is 52.2 Å². The van der Waals surface area contributed by atoms with Crippen LogP contribution in [0.15, 0.2) is 59.1 Å². The number of halogens is 2. The summed E-state index contributed by atoms with van der Waals surface area (Å²) in [7, 11) is 0. The SMILES string of the molecule is C=C(/C=C\N=CC)NC(=C)/N=C(\C)c1nn(Cc2c(F)cc(OCC)cc2F)c(C2CC2)c1C. The third-order valence-electron chi connectivity index (χ3n) is 5.40. The van der Waals surface area contributed by atoms with Crippen molar-refractivity contribution in [3.05, 3.63) is 83.2 Å². The van der Waals surface area contributed by atoms with Gasteiger partial charge >= 0.3 is 0 Å². The molecule has 1 N–H and O–H groups in total. The lowest BCUT2D eigenvalue weighted by molar-refractivity contribution is 0.335. The number of allylic oxidation sites excluding steroid dienone is 1. The van der Waals surface area contributed by atoms with Gasteiger partial charge in [0.25, 0.3) is 0 Å². The van der Waals surface area contributed by atoms with Crippen LogP contribution in [0.1, 0.15) is 62.0 Å². The normalized spacial score (nSPS) is 14.2. The summed E-state index contributed by atoms with van der Waals surface area (Å²) in [5, 5.41) is 7.70. The number of aromatic nitrogens is 2. The van der Waals surface area contributed by atoms with E-state index in [-0.39, 0.29) is 17.9 Å². The summed E-state index contributed by atoms with van der Waals surface area (Å²) in [6.07, 6.45) is 7.05. The van der Waals surface area contributed by atoms with Crippen LogP contribution in [0.3, 0.4) is 0 Å². The number of nitrogens with one attached hydrogen (secondary N) is 1. The predicted octanol–water partition coefficient (Wildman–Crippen LogP) is 5.78. The third-order valence-corrected chi connectivity index (χ3v) is 5.40. The highest BCUT2D eigenvalue weighted by molar-refractivity contribution is 5.99. The molecule has 6 nitrogen and oxygen atoms in total. The molecule has 0 bridgehead atoms. The molecule has 180 valence electrons. The van der Waals surface area contributed by atoms with Gasteiger partial charge < -0.3 is 10.1 Å². The fraction of sp³-hybridized carbons (Fsp3) is 0.346. The van der Waals surface area contributed by atoms with Crippen molar-refractivity contribution in [1.29, 1.82) is 0 Å². The summed E-state index contributed by atoms with van der Waals surface area (Å²) in [6.45, 7) is 15.5. The van der Waals surface area contributed by atoms with Gasteiger partial charge in [0, 0.05) is 47.4 Å². The van der Waals surface area contributed by atoms with Crippen LogP contribution >= 0.6 is 0 Å². The number of hydrogen-bond donors (Lipinski definition) is 1. The molecule has 1 aliphatic carbocycles. The van der Waals surface area contributed by atoms with Crippen molar-refractivity contribution in [2.45, 2.75) is 53.0 Å². The second kappa shape index (κ2) is 11.0. The molecule has 1 aliphatic rings. The molecule has 1 heterocycles. The quantitative estimate of drug-likeness (QED) is 0.336. The van der Waals surface area contributed by atoms with Gasteiger partial charge in [-0.1, -0.05) is 13.2 Å². The first-order valence-electron chi connectivity index (χ1n) is 11.3. The van der Waals surface area contributed by atoms with E-state index < -0.39 is 11.6 Å². The second-order valence-corrected chi connectivity index (χ2v) is 8.11. The summed E-state index contributed by atoms with van der Waals surface area (Å²) in [5.74, 6) is -0.400. The van der Waals surface area contributed by atoms with Gasteiger partial charge in [-0.15, -0.1) is 0 Å². The molecule has 34 heavy (non-hydrogen) atoms. The standard InChI is InChI=1S/C26H31F2N5O/c1-7-29-12-11-16(3)30-19(6)31-18(5)25-17(4)26(20-9-10-20)33(32-25)15-22-23(27)13-21(34-8-2)14-24(22)28/h7,11-14,20,30H,3,6,8-10,15H2,1-2,4-5H3/b12-11-,29-7?,31-18+. The molecule has 3 rings (SSSR count). The molecule has 0 aliphatic heterocycles. The predicted molar refractivity (Wildman–Crippen MR) is 133 cm³/mol. The smallest absolute Gasteiger partial charge is 0.134 e. The van der Waals surface area contributed by atoms with E-state index in [0.29, 0.717) is 35.4 Å². The van der Waals surface area contributed by atoms with Gasteiger partial charge in [-0.25, -0.2) is 13.8 Å². The van der Waals surface area contributed by atoms with E-state index >= 15 is 0 Å². The summed E-state index contributed by atoms with van der Waals surface area (Å²) < 4.78 is 36.4. The van der Waals surface area contributed by atoms with Crippen molar-refractivity contribution in [2.75, 3.05) is 6.61 Å². The van der Waals surface area contributed by atoms with Crippen LogP contribution in [0.2, 0.25) is 0 Å². The molecule has 0 spiro atoms. The maximum absolute atomic E-state index is 14.7. The van der Waals surface area contributed by atoms with Crippen LogP contribution in [0.25, 0.3) is 0 Å². The van der Waals surface area contributed by atoms with E-state index in [1.54, 1.807) is 30.1 Å². The van der Waals surface area contributed by atoms with Crippen LogP contribution in [0.5, 0.6) is 5.75 Å². The lowest BCUT2D eigenvalue weighted by Gasteiger charge is -2.11. The average molecular weight is 468 g/mol. The third kappa shape index (κ3) is 6.07. The monoisotopic (exact) mass is 467 g/mol. The van der Waals surface area contributed by atoms with Crippen molar-refractivity contribution in [1.82, 2.24) is 15.1 Å². The number of rotatable bonds is 11. The topological polar surface area (TPSA) is 63.8 Å². The van der Waals surface area contributed by atoms with Gasteiger partial charge in [-0.2, -0.15) is 5.10 Å². The number of hydrogen-bond acceptors (Lipinski definition) is 5. The van der Waals surface area contributed by atoms with E-state index in [1.165, 1.54) is 12.1 Å². The Balaban J connectivity index is 1.87. The van der Waals surface area contributed by atoms with E-state index in [1.807, 2.05) is 20.8 Å². The summed E-state index contributed by atoms with van der Waals surface area (Å²) in [6, 6.07) is 2.43. The minimum atomic E-state index is -0.651. The number of benzene rings is 1. The van der Waals surface area contributed by atoms with Crippen molar-refractivity contribution >= 4 is 11.9 Å². The fourth-order valence-corrected chi connectivity index (χ4v) is 3.76. The molecule has 0 atom stereocenters. The van der Waals surface area contributed by atoms with Crippen molar-refractivity contribution < 1.29 is 13.5 Å². The second-order valence-electron chi connectivity index (χ2n) is 8.11. The number of aliphatic imine (C=N–C) groups is 2. The van der Waals surface area contributed by atoms with Gasteiger partial charge in [0.15, 0.2) is 0 Å². The molecule has 2 aromatic rings. The molecule has 0 saturated heterocycles. The van der Waals surface area contributed by atoms with Crippen LogP contribution in [-0.2, 0) is 6.54 Å². The molecule has 0 amide bonds. The van der Waals surface area contributed by atoms with E-state index in [2.05, 4.69) is 28.5 Å². The van der Waals surface area contributed by atoms with Gasteiger partial charge in [0.2, 0.25) is 0 Å². The molecular formula is C26H31F2N5O. The minimum Gasteiger partial charge on any atom is -0.494 e. The molecular weight excluding hydrogens is 436 g/mol. The zero-order valence-electron chi connectivity index (χ0n) is 20.2. The fourth-order valence-electron chi connectivity index (χ4n) is 3.76. The Hall–Kier alpha value is -3.55. The Bertz CT molecular complexity index is 1150. The Morgan fingerprint density at radius 2 is 1.97 bits per heavy atom. The summed E-state index contributed by atoms with van der Waals surface area (Å²) >= 11 is 0. The largest absolute Gasteiger partial charge is 0.494 e. The minimum absolute atomic E-state index is 0.0111. The Morgan fingerprint density at radius 3 is 2.56 bits per heavy atom. The highest BCUT2D eigenvalue weighted by atomic mass is 19.1. The Kier molecular flexibility index (Phi) is 8.15. The van der Waals surface area contributed by atoms with E-state index in [0.717, 1.165) is 24.1 Å². The maximum Gasteiger partial charge on any atom is 0.134 e. The van der Waals surface area contributed by atoms with Gasteiger partial charge in [0.05, 0.1) is 18.9 Å². The van der Waals surface area contributed by atoms with Crippen molar-refractivity contribution in [3.63, 3.8) is 0 Å². The van der Waals surface area contributed by atoms with E-state index in [4.69, 9.17) is 9.84 Å². The Morgan fingerprint density at radius 1 is 1.29 bits per heavy atom. The lowest BCUT2D eigenvalue weighted by atomic mass is 10.1. The van der Waals surface area contributed by atoms with Gasteiger partial charge in [-0.3, -0.25) is 9.67 Å². The van der Waals surface area contributed by atoms with Gasteiger partial charge in [0.1, 0.15) is 28.9 Å². The molecule has 1 aromatic heterocycles.